The number of anilines is 1. The van der Waals surface area contributed by atoms with Gasteiger partial charge in [-0.25, -0.2) is 9.78 Å². The number of esters is 1. The van der Waals surface area contributed by atoms with Crippen molar-refractivity contribution < 1.29 is 9.53 Å². The van der Waals surface area contributed by atoms with Crippen LogP contribution in [0, 0.1) is 6.92 Å². The van der Waals surface area contributed by atoms with Crippen LogP contribution >= 0.6 is 0 Å². The van der Waals surface area contributed by atoms with E-state index < -0.39 is 5.97 Å². The summed E-state index contributed by atoms with van der Waals surface area (Å²) in [5.74, 6) is 0.0905. The van der Waals surface area contributed by atoms with Crippen LogP contribution in [0.1, 0.15) is 21.6 Å². The Kier molecular flexibility index (Phi) is 4.07. The minimum absolute atomic E-state index is 0.409. The van der Waals surface area contributed by atoms with E-state index in [1.807, 2.05) is 19.1 Å². The van der Waals surface area contributed by atoms with Crippen LogP contribution in [-0.4, -0.2) is 23.0 Å². The average Bonchev–Trinajstić information content (AvgIpc) is 2.46. The Labute approximate surface area is 111 Å². The van der Waals surface area contributed by atoms with Crippen molar-refractivity contribution in [2.75, 3.05) is 12.4 Å². The maximum absolute atomic E-state index is 11.6. The van der Waals surface area contributed by atoms with Crippen molar-refractivity contribution in [1.29, 1.82) is 0 Å². The molecule has 0 atom stereocenters. The normalized spacial score (nSPS) is 10.0. The minimum atomic E-state index is -0.409. The highest BCUT2D eigenvalue weighted by molar-refractivity contribution is 5.94. The first-order chi connectivity index (χ1) is 9.22. The molecule has 2 heterocycles. The molecule has 2 aromatic rings. The number of aryl methyl sites for hydroxylation is 1. The Bertz CT molecular complexity index is 584. The number of carbonyl (C=O) groups is 1. The Balaban J connectivity index is 2.16. The fourth-order valence-electron chi connectivity index (χ4n) is 1.69. The van der Waals surface area contributed by atoms with Crippen molar-refractivity contribution in [2.45, 2.75) is 13.5 Å². The van der Waals surface area contributed by atoms with Crippen molar-refractivity contribution in [3.05, 3.63) is 53.5 Å². The number of nitrogens with one attached hydrogen (secondary N) is 1. The van der Waals surface area contributed by atoms with Crippen molar-refractivity contribution in [2.24, 2.45) is 0 Å². The smallest absolute Gasteiger partial charge is 0.341 e. The molecule has 5 heteroatoms. The molecule has 5 nitrogen and oxygen atoms in total. The highest BCUT2D eigenvalue weighted by atomic mass is 16.5. The van der Waals surface area contributed by atoms with E-state index in [1.165, 1.54) is 7.11 Å². The molecule has 0 bridgehead atoms. The zero-order valence-electron chi connectivity index (χ0n) is 10.9. The monoisotopic (exact) mass is 257 g/mol. The van der Waals surface area contributed by atoms with Crippen LogP contribution in [-0.2, 0) is 11.3 Å². The fraction of sp³-hybridized carbons (Fsp3) is 0.214. The molecule has 0 radical (unpaired) electrons. The molecular weight excluding hydrogens is 242 g/mol. The second-order valence-corrected chi connectivity index (χ2v) is 4.01. The topological polar surface area (TPSA) is 64.1 Å². The molecule has 0 aliphatic carbocycles. The molecule has 0 aliphatic heterocycles. The van der Waals surface area contributed by atoms with Gasteiger partial charge in [0.25, 0.3) is 0 Å². The van der Waals surface area contributed by atoms with Crippen molar-refractivity contribution in [3.63, 3.8) is 0 Å². The first-order valence-corrected chi connectivity index (χ1v) is 5.90. The van der Waals surface area contributed by atoms with Crippen LogP contribution in [0.3, 0.4) is 0 Å². The van der Waals surface area contributed by atoms with Crippen LogP contribution in [0.2, 0.25) is 0 Å². The summed E-state index contributed by atoms with van der Waals surface area (Å²) in [4.78, 5) is 20.0. The molecule has 1 N–H and O–H groups in total. The molecule has 0 unspecified atom stereocenters. The van der Waals surface area contributed by atoms with Gasteiger partial charge in [-0.05, 0) is 30.7 Å². The fourth-order valence-corrected chi connectivity index (χ4v) is 1.69. The Morgan fingerprint density at radius 1 is 1.26 bits per heavy atom. The van der Waals surface area contributed by atoms with E-state index in [-0.39, 0.29) is 0 Å². The van der Waals surface area contributed by atoms with Gasteiger partial charge < -0.3 is 10.1 Å². The van der Waals surface area contributed by atoms with E-state index in [4.69, 9.17) is 4.74 Å². The van der Waals surface area contributed by atoms with E-state index in [1.54, 1.807) is 24.5 Å². The second kappa shape index (κ2) is 5.95. The van der Waals surface area contributed by atoms with Gasteiger partial charge in [-0.2, -0.15) is 0 Å². The van der Waals surface area contributed by atoms with E-state index in [0.29, 0.717) is 17.9 Å². The maximum Gasteiger partial charge on any atom is 0.341 e. The summed E-state index contributed by atoms with van der Waals surface area (Å²) in [5.41, 5.74) is 2.42. The highest BCUT2D eigenvalue weighted by Gasteiger charge is 2.12. The van der Waals surface area contributed by atoms with E-state index in [9.17, 15) is 4.79 Å². The van der Waals surface area contributed by atoms with Gasteiger partial charge in [0.1, 0.15) is 11.4 Å². The molecule has 0 amide bonds. The second-order valence-electron chi connectivity index (χ2n) is 4.01. The van der Waals surface area contributed by atoms with Gasteiger partial charge in [0.05, 0.1) is 19.3 Å². The summed E-state index contributed by atoms with van der Waals surface area (Å²) in [7, 11) is 1.35. The predicted molar refractivity (Wildman–Crippen MR) is 71.9 cm³/mol. The van der Waals surface area contributed by atoms with Crippen molar-refractivity contribution in [1.82, 2.24) is 9.97 Å². The Morgan fingerprint density at radius 3 is 2.74 bits per heavy atom. The Morgan fingerprint density at radius 2 is 2.00 bits per heavy atom. The lowest BCUT2D eigenvalue weighted by atomic mass is 10.2. The maximum atomic E-state index is 11.6. The number of pyridine rings is 2. The van der Waals surface area contributed by atoms with Gasteiger partial charge in [-0.15, -0.1) is 0 Å². The third-order valence-electron chi connectivity index (χ3n) is 2.75. The number of hydrogen-bond donors (Lipinski definition) is 1. The van der Waals surface area contributed by atoms with Gasteiger partial charge in [-0.1, -0.05) is 6.07 Å². The summed E-state index contributed by atoms with van der Waals surface area (Å²) >= 11 is 0. The lowest BCUT2D eigenvalue weighted by molar-refractivity contribution is 0.0601. The number of aromatic nitrogens is 2. The van der Waals surface area contributed by atoms with Crippen molar-refractivity contribution in [3.8, 4) is 0 Å². The summed E-state index contributed by atoms with van der Waals surface area (Å²) in [6.45, 7) is 2.50. The first kappa shape index (κ1) is 13.0. The third kappa shape index (κ3) is 3.07. The zero-order valence-corrected chi connectivity index (χ0v) is 10.9. The van der Waals surface area contributed by atoms with Gasteiger partial charge in [0.2, 0.25) is 0 Å². The SMILES string of the molecule is COC(=O)c1cccnc1NCc1ncccc1C. The van der Waals surface area contributed by atoms with Gasteiger partial charge >= 0.3 is 5.97 Å². The third-order valence-corrected chi connectivity index (χ3v) is 2.75. The molecule has 0 fully saturated rings. The zero-order chi connectivity index (χ0) is 13.7. The molecule has 2 rings (SSSR count). The Hall–Kier alpha value is -2.43. The summed E-state index contributed by atoms with van der Waals surface area (Å²) < 4.78 is 4.72. The van der Waals surface area contributed by atoms with E-state index in [0.717, 1.165) is 11.3 Å². The van der Waals surface area contributed by atoms with Crippen LogP contribution in [0.25, 0.3) is 0 Å². The minimum Gasteiger partial charge on any atom is -0.465 e. The molecule has 0 spiro atoms. The number of rotatable bonds is 4. The van der Waals surface area contributed by atoms with Crippen LogP contribution in [0.4, 0.5) is 5.82 Å². The van der Waals surface area contributed by atoms with E-state index in [2.05, 4.69) is 15.3 Å². The lowest BCUT2D eigenvalue weighted by Gasteiger charge is -2.10. The molecule has 0 aromatic carbocycles. The number of hydrogen-bond acceptors (Lipinski definition) is 5. The summed E-state index contributed by atoms with van der Waals surface area (Å²) in [6.07, 6.45) is 3.36. The first-order valence-electron chi connectivity index (χ1n) is 5.90. The highest BCUT2D eigenvalue weighted by Crippen LogP contribution is 2.14. The molecule has 19 heavy (non-hydrogen) atoms. The van der Waals surface area contributed by atoms with Gasteiger partial charge in [0.15, 0.2) is 0 Å². The van der Waals surface area contributed by atoms with Crippen LogP contribution < -0.4 is 5.32 Å². The summed E-state index contributed by atoms with van der Waals surface area (Å²) in [6, 6.07) is 7.25. The largest absolute Gasteiger partial charge is 0.465 e. The quantitative estimate of drug-likeness (QED) is 0.850. The molecule has 0 aliphatic rings. The molecule has 0 saturated heterocycles. The van der Waals surface area contributed by atoms with Crippen LogP contribution in [0.15, 0.2) is 36.7 Å². The molecular formula is C14H15N3O2. The number of ether oxygens (including phenoxy) is 1. The number of methoxy groups -OCH3 is 1. The van der Waals surface area contributed by atoms with Gasteiger partial charge in [0, 0.05) is 12.4 Å². The number of nitrogens with zero attached hydrogens (tertiary/aromatic N) is 2. The van der Waals surface area contributed by atoms with E-state index >= 15 is 0 Å². The van der Waals surface area contributed by atoms with Gasteiger partial charge in [-0.3, -0.25) is 4.98 Å². The predicted octanol–water partition coefficient (Wildman–Crippen LogP) is 2.18. The standard InChI is InChI=1S/C14H15N3O2/c1-10-5-3-7-15-12(10)9-17-13-11(14(18)19-2)6-4-8-16-13/h3-8H,9H2,1-2H3,(H,16,17). The molecule has 0 saturated carbocycles. The molecule has 2 aromatic heterocycles. The average molecular weight is 257 g/mol. The van der Waals surface area contributed by atoms with Crippen LogP contribution in [0.5, 0.6) is 0 Å². The number of carbonyl (C=O) groups excluding carboxylic acids is 1. The van der Waals surface area contributed by atoms with Crippen molar-refractivity contribution >= 4 is 11.8 Å². The summed E-state index contributed by atoms with van der Waals surface area (Å²) in [5, 5.41) is 3.11. The molecule has 98 valence electrons. The lowest BCUT2D eigenvalue weighted by Crippen LogP contribution is -2.11.